The molecule has 0 saturated heterocycles. The first kappa shape index (κ1) is 23.6. The van der Waals surface area contributed by atoms with E-state index in [0.717, 1.165) is 34.9 Å². The third kappa shape index (κ3) is 5.40. The van der Waals surface area contributed by atoms with Crippen molar-refractivity contribution >= 4 is 29.5 Å². The van der Waals surface area contributed by atoms with Gasteiger partial charge in [0.15, 0.2) is 0 Å². The number of fused-ring (bicyclic) bond motifs is 1. The van der Waals surface area contributed by atoms with E-state index in [1.165, 1.54) is 16.7 Å². The summed E-state index contributed by atoms with van der Waals surface area (Å²) in [7, 11) is 0. The minimum Gasteiger partial charge on any atom is -0.444 e. The van der Waals surface area contributed by atoms with Gasteiger partial charge in [0.1, 0.15) is 23.6 Å². The first-order valence-corrected chi connectivity index (χ1v) is 12.2. The maximum atomic E-state index is 12.4. The van der Waals surface area contributed by atoms with Gasteiger partial charge in [-0.1, -0.05) is 48.5 Å². The van der Waals surface area contributed by atoms with Crippen LogP contribution in [0, 0.1) is 0 Å². The number of hydrogen-bond donors (Lipinski definition) is 2. The summed E-state index contributed by atoms with van der Waals surface area (Å²) in [6, 6.07) is 18.6. The molecule has 2 N–H and O–H groups in total. The maximum Gasteiger partial charge on any atom is 0.410 e. The Labute approximate surface area is 211 Å². The number of carbonyl (C=O) groups is 1. The van der Waals surface area contributed by atoms with Gasteiger partial charge in [-0.3, -0.25) is 0 Å². The molecule has 2 aromatic carbocycles. The van der Waals surface area contributed by atoms with E-state index in [2.05, 4.69) is 57.0 Å². The molecule has 0 fully saturated rings. The molecule has 184 valence electrons. The number of hydrogen-bond acceptors (Lipinski definition) is 6. The van der Waals surface area contributed by atoms with Crippen molar-refractivity contribution in [2.24, 2.45) is 0 Å². The van der Waals surface area contributed by atoms with Gasteiger partial charge in [-0.2, -0.15) is 0 Å². The van der Waals surface area contributed by atoms with Crippen molar-refractivity contribution in [3.05, 3.63) is 83.7 Å². The number of ether oxygens (including phenoxy) is 1. The molecular weight excluding hydrogens is 450 g/mol. The van der Waals surface area contributed by atoms with Gasteiger partial charge < -0.3 is 20.3 Å². The maximum absolute atomic E-state index is 12.4. The van der Waals surface area contributed by atoms with Crippen LogP contribution >= 0.6 is 0 Å². The molecule has 5 rings (SSSR count). The monoisotopic (exact) mass is 481 g/mol. The Hall–Kier alpha value is -4.13. The van der Waals surface area contributed by atoms with Crippen LogP contribution in [-0.4, -0.2) is 46.2 Å². The third-order valence-corrected chi connectivity index (χ3v) is 6.15. The zero-order valence-electron chi connectivity index (χ0n) is 20.9. The summed E-state index contributed by atoms with van der Waals surface area (Å²) >= 11 is 0. The van der Waals surface area contributed by atoms with Crippen molar-refractivity contribution in [1.82, 2.24) is 14.9 Å². The van der Waals surface area contributed by atoms with Crippen molar-refractivity contribution in [3.63, 3.8) is 0 Å². The van der Waals surface area contributed by atoms with Crippen LogP contribution < -0.4 is 10.6 Å². The van der Waals surface area contributed by atoms with Crippen molar-refractivity contribution in [2.45, 2.75) is 32.8 Å². The topological polar surface area (TPSA) is 79.4 Å². The van der Waals surface area contributed by atoms with Crippen LogP contribution in [0.2, 0.25) is 0 Å². The number of aromatic nitrogens is 2. The van der Waals surface area contributed by atoms with E-state index in [9.17, 15) is 4.79 Å². The molecule has 0 spiro atoms. The molecule has 7 nitrogen and oxygen atoms in total. The van der Waals surface area contributed by atoms with Crippen molar-refractivity contribution < 1.29 is 9.53 Å². The number of rotatable bonds is 4. The molecule has 0 atom stereocenters. The zero-order chi connectivity index (χ0) is 25.1. The molecule has 36 heavy (non-hydrogen) atoms. The summed E-state index contributed by atoms with van der Waals surface area (Å²) in [5, 5.41) is 6.92. The van der Waals surface area contributed by atoms with Crippen molar-refractivity contribution in [1.29, 1.82) is 0 Å². The quantitative estimate of drug-likeness (QED) is 0.458. The smallest absolute Gasteiger partial charge is 0.410 e. The van der Waals surface area contributed by atoms with Gasteiger partial charge in [0.2, 0.25) is 0 Å². The molecule has 2 aliphatic rings. The van der Waals surface area contributed by atoms with Crippen molar-refractivity contribution in [2.75, 3.05) is 30.3 Å². The fourth-order valence-corrected chi connectivity index (χ4v) is 4.38. The van der Waals surface area contributed by atoms with Gasteiger partial charge in [-0.05, 0) is 67.7 Å². The summed E-state index contributed by atoms with van der Waals surface area (Å²) in [5.74, 6) is 1.56. The molecule has 7 heteroatoms. The fourth-order valence-electron chi connectivity index (χ4n) is 4.38. The van der Waals surface area contributed by atoms with Crippen LogP contribution in [0.1, 0.15) is 32.8 Å². The number of amides is 1. The second-order valence-electron chi connectivity index (χ2n) is 9.99. The highest BCUT2D eigenvalue weighted by Gasteiger charge is 2.25. The van der Waals surface area contributed by atoms with Crippen LogP contribution in [0.3, 0.4) is 0 Å². The minimum atomic E-state index is -0.495. The molecule has 0 unspecified atom stereocenters. The van der Waals surface area contributed by atoms with Gasteiger partial charge in [0, 0.05) is 25.3 Å². The lowest BCUT2D eigenvalue weighted by Crippen LogP contribution is -2.39. The van der Waals surface area contributed by atoms with Gasteiger partial charge in [-0.15, -0.1) is 0 Å². The SMILES string of the molecule is CC(C)(C)OC(=O)N1CC=C(C2=Cc3c(ncnc3Nc3cccc(-c4ccccc4)c3)NC2)CC1. The first-order valence-electron chi connectivity index (χ1n) is 12.2. The first-order chi connectivity index (χ1) is 17.4. The molecule has 0 saturated carbocycles. The van der Waals surface area contributed by atoms with Gasteiger partial charge in [-0.25, -0.2) is 14.8 Å². The standard InChI is InChI=1S/C29H31N5O2/c1-29(2,3)36-28(35)34-14-12-21(13-15-34)23-17-25-26(30-18-23)31-19-32-27(25)33-24-11-7-10-22(16-24)20-8-5-4-6-9-20/h4-12,16-17,19H,13-15,18H2,1-3H3,(H2,30,31,32,33). The average Bonchev–Trinajstić information content (AvgIpc) is 2.88. The highest BCUT2D eigenvalue weighted by molar-refractivity contribution is 5.82. The molecule has 3 aromatic rings. The van der Waals surface area contributed by atoms with Crippen LogP contribution in [0.4, 0.5) is 22.1 Å². The summed E-state index contributed by atoms with van der Waals surface area (Å²) in [5.41, 5.74) is 6.11. The Kier molecular flexibility index (Phi) is 6.46. The molecular formula is C29H31N5O2. The van der Waals surface area contributed by atoms with E-state index in [0.29, 0.717) is 19.6 Å². The van der Waals surface area contributed by atoms with Gasteiger partial charge >= 0.3 is 6.09 Å². The average molecular weight is 482 g/mol. The highest BCUT2D eigenvalue weighted by Crippen LogP contribution is 2.33. The Morgan fingerprint density at radius 1 is 1.03 bits per heavy atom. The van der Waals surface area contributed by atoms with Crippen LogP contribution in [0.5, 0.6) is 0 Å². The number of benzene rings is 2. The van der Waals surface area contributed by atoms with Crippen LogP contribution in [0.15, 0.2) is 78.1 Å². The lowest BCUT2D eigenvalue weighted by Gasteiger charge is -2.31. The number of nitrogens with zero attached hydrogens (tertiary/aromatic N) is 3. The lowest BCUT2D eigenvalue weighted by molar-refractivity contribution is 0.0266. The lowest BCUT2D eigenvalue weighted by atomic mass is 9.95. The molecule has 0 radical (unpaired) electrons. The Balaban J connectivity index is 1.35. The number of nitrogens with one attached hydrogen (secondary N) is 2. The van der Waals surface area contributed by atoms with Crippen LogP contribution in [-0.2, 0) is 4.74 Å². The second kappa shape index (κ2) is 9.85. The summed E-state index contributed by atoms with van der Waals surface area (Å²) in [6.07, 6.45) is 6.36. The third-order valence-electron chi connectivity index (χ3n) is 6.15. The Bertz CT molecular complexity index is 1320. The van der Waals surface area contributed by atoms with E-state index in [4.69, 9.17) is 4.74 Å². The summed E-state index contributed by atoms with van der Waals surface area (Å²) in [4.78, 5) is 23.1. The molecule has 3 heterocycles. The largest absolute Gasteiger partial charge is 0.444 e. The van der Waals surface area contributed by atoms with E-state index >= 15 is 0 Å². The summed E-state index contributed by atoms with van der Waals surface area (Å²) in [6.45, 7) is 7.52. The molecule has 1 aromatic heterocycles. The highest BCUT2D eigenvalue weighted by atomic mass is 16.6. The predicted molar refractivity (Wildman–Crippen MR) is 144 cm³/mol. The normalized spacial score (nSPS) is 15.2. The molecule has 0 aliphatic carbocycles. The Morgan fingerprint density at radius 3 is 2.58 bits per heavy atom. The van der Waals surface area contributed by atoms with E-state index in [-0.39, 0.29) is 6.09 Å². The minimum absolute atomic E-state index is 0.267. The molecule has 1 amide bonds. The van der Waals surface area contributed by atoms with Gasteiger partial charge in [0.05, 0.1) is 5.56 Å². The van der Waals surface area contributed by atoms with Crippen LogP contribution in [0.25, 0.3) is 17.2 Å². The molecule has 2 aliphatic heterocycles. The Morgan fingerprint density at radius 2 is 1.83 bits per heavy atom. The predicted octanol–water partition coefficient (Wildman–Crippen LogP) is 6.26. The molecule has 0 bridgehead atoms. The fraction of sp³-hybridized carbons (Fsp3) is 0.276. The van der Waals surface area contributed by atoms with E-state index < -0.39 is 5.60 Å². The van der Waals surface area contributed by atoms with Gasteiger partial charge in [0.25, 0.3) is 0 Å². The summed E-state index contributed by atoms with van der Waals surface area (Å²) < 4.78 is 5.52. The van der Waals surface area contributed by atoms with E-state index in [1.807, 2.05) is 51.1 Å². The zero-order valence-corrected chi connectivity index (χ0v) is 20.9. The number of anilines is 3. The second-order valence-corrected chi connectivity index (χ2v) is 9.99. The number of carbonyl (C=O) groups excluding carboxylic acids is 1. The van der Waals surface area contributed by atoms with E-state index in [1.54, 1.807) is 11.2 Å². The van der Waals surface area contributed by atoms with Crippen molar-refractivity contribution in [3.8, 4) is 11.1 Å².